The van der Waals surface area contributed by atoms with E-state index in [4.69, 9.17) is 9.84 Å². The highest BCUT2D eigenvalue weighted by Gasteiger charge is 2.11. The number of carbonyl (C=O) groups is 1. The van der Waals surface area contributed by atoms with Gasteiger partial charge in [0.15, 0.2) is 6.10 Å². The summed E-state index contributed by atoms with van der Waals surface area (Å²) in [6.07, 6.45) is 0.0234. The van der Waals surface area contributed by atoms with E-state index in [0.29, 0.717) is 5.75 Å². The first kappa shape index (κ1) is 13.1. The van der Waals surface area contributed by atoms with Crippen LogP contribution < -0.4 is 4.74 Å². The molecule has 0 aromatic heterocycles. The molecule has 19 heavy (non-hydrogen) atoms. The third-order valence-corrected chi connectivity index (χ3v) is 2.84. The maximum Gasteiger partial charge on any atom is 0.344 e. The standard InChI is InChI=1S/C16H16O3/c1-12(16(17)18)19-15-9-7-14(8-10-15)11-13-5-3-2-4-6-13/h2-10,12H,11H2,1H3,(H,17,18). The molecular formula is C16H16O3. The fourth-order valence-corrected chi connectivity index (χ4v) is 1.77. The van der Waals surface area contributed by atoms with Crippen molar-refractivity contribution in [1.82, 2.24) is 0 Å². The molecule has 0 amide bonds. The maximum atomic E-state index is 10.7. The van der Waals surface area contributed by atoms with Crippen molar-refractivity contribution in [3.63, 3.8) is 0 Å². The largest absolute Gasteiger partial charge is 0.479 e. The fourth-order valence-electron chi connectivity index (χ4n) is 1.77. The average molecular weight is 256 g/mol. The molecule has 0 spiro atoms. The summed E-state index contributed by atoms with van der Waals surface area (Å²) in [6, 6.07) is 17.7. The molecule has 2 rings (SSSR count). The first-order valence-corrected chi connectivity index (χ1v) is 6.17. The van der Waals surface area contributed by atoms with E-state index >= 15 is 0 Å². The third kappa shape index (κ3) is 3.85. The lowest BCUT2D eigenvalue weighted by Gasteiger charge is -2.10. The molecular weight excluding hydrogens is 240 g/mol. The van der Waals surface area contributed by atoms with Crippen LogP contribution in [0, 0.1) is 0 Å². The number of carboxylic acids is 1. The molecule has 1 N–H and O–H groups in total. The summed E-state index contributed by atoms with van der Waals surface area (Å²) in [5, 5.41) is 8.77. The Morgan fingerprint density at radius 2 is 1.63 bits per heavy atom. The number of hydrogen-bond donors (Lipinski definition) is 1. The van der Waals surface area contributed by atoms with Crippen LogP contribution in [0.25, 0.3) is 0 Å². The molecule has 0 aliphatic carbocycles. The average Bonchev–Trinajstić information content (AvgIpc) is 2.42. The quantitative estimate of drug-likeness (QED) is 0.894. The van der Waals surface area contributed by atoms with E-state index in [9.17, 15) is 4.79 Å². The molecule has 0 bridgehead atoms. The number of benzene rings is 2. The van der Waals surface area contributed by atoms with Crippen LogP contribution in [-0.2, 0) is 11.2 Å². The van der Waals surface area contributed by atoms with Gasteiger partial charge >= 0.3 is 5.97 Å². The van der Waals surface area contributed by atoms with Gasteiger partial charge in [-0.25, -0.2) is 4.79 Å². The highest BCUT2D eigenvalue weighted by atomic mass is 16.5. The first-order chi connectivity index (χ1) is 9.15. The second-order valence-corrected chi connectivity index (χ2v) is 4.40. The van der Waals surface area contributed by atoms with Crippen LogP contribution in [0.5, 0.6) is 5.75 Å². The van der Waals surface area contributed by atoms with Crippen LogP contribution >= 0.6 is 0 Å². The minimum absolute atomic E-state index is 0.576. The van der Waals surface area contributed by atoms with Crippen molar-refractivity contribution in [3.8, 4) is 5.75 Å². The van der Waals surface area contributed by atoms with Crippen molar-refractivity contribution in [2.75, 3.05) is 0 Å². The van der Waals surface area contributed by atoms with Gasteiger partial charge in [0.05, 0.1) is 0 Å². The Kier molecular flexibility index (Phi) is 4.18. The van der Waals surface area contributed by atoms with E-state index in [1.54, 1.807) is 12.1 Å². The van der Waals surface area contributed by atoms with E-state index in [1.165, 1.54) is 18.1 Å². The predicted molar refractivity (Wildman–Crippen MR) is 73.4 cm³/mol. The summed E-state index contributed by atoms with van der Waals surface area (Å²) < 4.78 is 5.28. The lowest BCUT2D eigenvalue weighted by molar-refractivity contribution is -0.144. The summed E-state index contributed by atoms with van der Waals surface area (Å²) in [6.45, 7) is 1.51. The van der Waals surface area contributed by atoms with Gasteiger partial charge in [0, 0.05) is 0 Å². The van der Waals surface area contributed by atoms with Gasteiger partial charge in [-0.3, -0.25) is 0 Å². The molecule has 2 aromatic carbocycles. The molecule has 1 unspecified atom stereocenters. The Bertz CT molecular complexity index is 532. The highest BCUT2D eigenvalue weighted by molar-refractivity contribution is 5.72. The van der Waals surface area contributed by atoms with E-state index < -0.39 is 12.1 Å². The van der Waals surface area contributed by atoms with Crippen molar-refractivity contribution in [1.29, 1.82) is 0 Å². The monoisotopic (exact) mass is 256 g/mol. The zero-order chi connectivity index (χ0) is 13.7. The van der Waals surface area contributed by atoms with Crippen LogP contribution in [0.3, 0.4) is 0 Å². The summed E-state index contributed by atoms with van der Waals surface area (Å²) in [5.74, 6) is -0.389. The van der Waals surface area contributed by atoms with Gasteiger partial charge in [0.25, 0.3) is 0 Å². The van der Waals surface area contributed by atoms with Gasteiger partial charge in [-0.05, 0) is 36.6 Å². The summed E-state index contributed by atoms with van der Waals surface area (Å²) in [5.41, 5.74) is 2.41. The number of ether oxygens (including phenoxy) is 1. The Hall–Kier alpha value is -2.29. The van der Waals surface area contributed by atoms with Crippen molar-refractivity contribution in [2.45, 2.75) is 19.4 Å². The molecule has 3 heteroatoms. The van der Waals surface area contributed by atoms with Gasteiger partial charge in [-0.15, -0.1) is 0 Å². The Morgan fingerprint density at radius 1 is 1.05 bits per heavy atom. The highest BCUT2D eigenvalue weighted by Crippen LogP contribution is 2.16. The van der Waals surface area contributed by atoms with Gasteiger partial charge in [0.2, 0.25) is 0 Å². The second kappa shape index (κ2) is 6.05. The van der Waals surface area contributed by atoms with Crippen molar-refractivity contribution in [2.24, 2.45) is 0 Å². The van der Waals surface area contributed by atoms with Crippen LogP contribution in [0.15, 0.2) is 54.6 Å². The van der Waals surface area contributed by atoms with Crippen LogP contribution in [0.1, 0.15) is 18.1 Å². The smallest absolute Gasteiger partial charge is 0.344 e. The van der Waals surface area contributed by atoms with E-state index in [1.807, 2.05) is 30.3 Å². The van der Waals surface area contributed by atoms with Gasteiger partial charge in [0.1, 0.15) is 5.75 Å². The number of rotatable bonds is 5. The molecule has 0 saturated heterocycles. The van der Waals surface area contributed by atoms with Gasteiger partial charge in [-0.1, -0.05) is 42.5 Å². The molecule has 0 saturated carbocycles. The van der Waals surface area contributed by atoms with Gasteiger partial charge in [-0.2, -0.15) is 0 Å². The molecule has 0 aliphatic heterocycles. The number of hydrogen-bond acceptors (Lipinski definition) is 2. The van der Waals surface area contributed by atoms with Crippen LogP contribution in [-0.4, -0.2) is 17.2 Å². The Balaban J connectivity index is 2.01. The molecule has 0 aliphatic rings. The second-order valence-electron chi connectivity index (χ2n) is 4.40. The summed E-state index contributed by atoms with van der Waals surface area (Å²) >= 11 is 0. The molecule has 1 atom stereocenters. The molecule has 3 nitrogen and oxygen atoms in total. The number of carboxylic acid groups (broad SMARTS) is 1. The Morgan fingerprint density at radius 3 is 2.21 bits per heavy atom. The topological polar surface area (TPSA) is 46.5 Å². The zero-order valence-corrected chi connectivity index (χ0v) is 10.7. The van der Waals surface area contributed by atoms with E-state index in [2.05, 4.69) is 12.1 Å². The van der Waals surface area contributed by atoms with Crippen molar-refractivity contribution in [3.05, 3.63) is 65.7 Å². The van der Waals surface area contributed by atoms with Crippen molar-refractivity contribution >= 4 is 5.97 Å². The Labute approximate surface area is 112 Å². The van der Waals surface area contributed by atoms with Gasteiger partial charge < -0.3 is 9.84 Å². The normalized spacial score (nSPS) is 11.8. The molecule has 2 aromatic rings. The lowest BCUT2D eigenvalue weighted by atomic mass is 10.1. The van der Waals surface area contributed by atoms with Crippen molar-refractivity contribution < 1.29 is 14.6 Å². The fraction of sp³-hybridized carbons (Fsp3) is 0.188. The predicted octanol–water partition coefficient (Wildman–Crippen LogP) is 3.13. The first-order valence-electron chi connectivity index (χ1n) is 6.17. The van der Waals surface area contributed by atoms with E-state index in [-0.39, 0.29) is 0 Å². The zero-order valence-electron chi connectivity index (χ0n) is 10.7. The summed E-state index contributed by atoms with van der Waals surface area (Å²) in [4.78, 5) is 10.7. The molecule has 0 heterocycles. The molecule has 98 valence electrons. The minimum atomic E-state index is -0.964. The van der Waals surface area contributed by atoms with Crippen LogP contribution in [0.2, 0.25) is 0 Å². The van der Waals surface area contributed by atoms with Crippen LogP contribution in [0.4, 0.5) is 0 Å². The SMILES string of the molecule is CC(Oc1ccc(Cc2ccccc2)cc1)C(=O)O. The molecule has 0 fully saturated rings. The summed E-state index contributed by atoms with van der Waals surface area (Å²) in [7, 11) is 0. The third-order valence-electron chi connectivity index (χ3n) is 2.84. The number of aliphatic carboxylic acids is 1. The molecule has 0 radical (unpaired) electrons. The van der Waals surface area contributed by atoms with E-state index in [0.717, 1.165) is 6.42 Å². The maximum absolute atomic E-state index is 10.7. The lowest BCUT2D eigenvalue weighted by Crippen LogP contribution is -2.22. The minimum Gasteiger partial charge on any atom is -0.479 e.